The predicted octanol–water partition coefficient (Wildman–Crippen LogP) is 1.37. The quantitative estimate of drug-likeness (QED) is 0.772. The van der Waals surface area contributed by atoms with Gasteiger partial charge in [-0.3, -0.25) is 9.59 Å². The second-order valence-corrected chi connectivity index (χ2v) is 6.66. The van der Waals surface area contributed by atoms with Crippen molar-refractivity contribution < 1.29 is 14.3 Å². The Hall–Kier alpha value is -2.08. The minimum absolute atomic E-state index is 0.0202. The topological polar surface area (TPSA) is 61.9 Å². The van der Waals surface area contributed by atoms with Crippen LogP contribution in [-0.2, 0) is 9.59 Å². The fourth-order valence-electron chi connectivity index (χ4n) is 2.87. The maximum Gasteiger partial charge on any atom is 0.225 e. The van der Waals surface area contributed by atoms with E-state index >= 15 is 0 Å². The molecule has 1 aromatic rings. The van der Waals surface area contributed by atoms with Crippen LogP contribution in [0.2, 0.25) is 0 Å². The van der Waals surface area contributed by atoms with E-state index in [1.165, 1.54) is 0 Å². The van der Waals surface area contributed by atoms with Gasteiger partial charge < -0.3 is 19.9 Å². The Morgan fingerprint density at radius 1 is 1.20 bits per heavy atom. The molecule has 6 nitrogen and oxygen atoms in total. The van der Waals surface area contributed by atoms with E-state index in [-0.39, 0.29) is 17.7 Å². The molecule has 6 heteroatoms. The first kappa shape index (κ1) is 19.2. The van der Waals surface area contributed by atoms with Gasteiger partial charge in [-0.1, -0.05) is 18.2 Å². The summed E-state index contributed by atoms with van der Waals surface area (Å²) in [6, 6.07) is 9.51. The van der Waals surface area contributed by atoms with Crippen LogP contribution in [0, 0.1) is 5.92 Å². The molecule has 1 fully saturated rings. The summed E-state index contributed by atoms with van der Waals surface area (Å²) in [4.78, 5) is 28.3. The van der Waals surface area contributed by atoms with Gasteiger partial charge in [0.05, 0.1) is 13.0 Å². The highest BCUT2D eigenvalue weighted by Gasteiger charge is 2.26. The maximum absolute atomic E-state index is 12.3. The van der Waals surface area contributed by atoms with Gasteiger partial charge in [-0.25, -0.2) is 0 Å². The minimum Gasteiger partial charge on any atom is -0.493 e. The number of piperidine rings is 1. The van der Waals surface area contributed by atoms with Gasteiger partial charge >= 0.3 is 0 Å². The number of hydrogen-bond acceptors (Lipinski definition) is 4. The van der Waals surface area contributed by atoms with Gasteiger partial charge in [-0.05, 0) is 39.1 Å². The number of nitrogens with one attached hydrogen (secondary N) is 1. The molecule has 2 rings (SSSR count). The molecule has 0 radical (unpaired) electrons. The number of nitrogens with zero attached hydrogens (tertiary/aromatic N) is 2. The summed E-state index contributed by atoms with van der Waals surface area (Å²) in [7, 11) is 3.97. The molecule has 1 aromatic carbocycles. The number of hydrogen-bond donors (Lipinski definition) is 1. The Labute approximate surface area is 150 Å². The highest BCUT2D eigenvalue weighted by Crippen LogP contribution is 2.18. The summed E-state index contributed by atoms with van der Waals surface area (Å²) in [5.74, 6) is 1.01. The summed E-state index contributed by atoms with van der Waals surface area (Å²) < 4.78 is 5.57. The van der Waals surface area contributed by atoms with Crippen LogP contribution in [-0.4, -0.2) is 68.5 Å². The third kappa shape index (κ3) is 6.74. The number of likely N-dealkylation sites (N-methyl/N-ethyl adjacent to an activating group) is 1. The molecule has 0 unspecified atom stereocenters. The Morgan fingerprint density at radius 2 is 1.88 bits per heavy atom. The van der Waals surface area contributed by atoms with Gasteiger partial charge in [-0.2, -0.15) is 0 Å². The molecule has 1 aliphatic rings. The second-order valence-electron chi connectivity index (χ2n) is 6.66. The monoisotopic (exact) mass is 347 g/mol. The van der Waals surface area contributed by atoms with Crippen molar-refractivity contribution in [3.63, 3.8) is 0 Å². The standard InChI is InChI=1S/C19H29N3O3/c1-21(2)14-11-20-19(24)16-8-12-22(13-9-16)18(23)10-15-25-17-6-4-3-5-7-17/h3-7,16H,8-15H2,1-2H3,(H,20,24). The summed E-state index contributed by atoms with van der Waals surface area (Å²) >= 11 is 0. The van der Waals surface area contributed by atoms with Crippen molar-refractivity contribution >= 4 is 11.8 Å². The van der Waals surface area contributed by atoms with Crippen LogP contribution in [0.1, 0.15) is 19.3 Å². The summed E-state index contributed by atoms with van der Waals surface area (Å²) in [6.45, 7) is 3.19. The van der Waals surface area contributed by atoms with Crippen molar-refractivity contribution in [3.8, 4) is 5.75 Å². The van der Waals surface area contributed by atoms with E-state index < -0.39 is 0 Å². The number of carbonyl (C=O) groups is 2. The molecule has 0 saturated carbocycles. The molecule has 0 aliphatic carbocycles. The molecule has 0 atom stereocenters. The van der Waals surface area contributed by atoms with Crippen LogP contribution in [0.3, 0.4) is 0 Å². The molecule has 138 valence electrons. The average molecular weight is 347 g/mol. The second kappa shape index (κ2) is 10.0. The molecule has 1 saturated heterocycles. The van der Waals surface area contributed by atoms with Crippen LogP contribution in [0.5, 0.6) is 5.75 Å². The highest BCUT2D eigenvalue weighted by molar-refractivity contribution is 5.80. The van der Waals surface area contributed by atoms with Crippen LogP contribution < -0.4 is 10.1 Å². The van der Waals surface area contributed by atoms with E-state index in [0.717, 1.165) is 25.1 Å². The lowest BCUT2D eigenvalue weighted by Crippen LogP contribution is -2.44. The van der Waals surface area contributed by atoms with Crippen LogP contribution in [0.15, 0.2) is 30.3 Å². The van der Waals surface area contributed by atoms with Crippen molar-refractivity contribution in [3.05, 3.63) is 30.3 Å². The lowest BCUT2D eigenvalue weighted by atomic mass is 9.95. The largest absolute Gasteiger partial charge is 0.493 e. The maximum atomic E-state index is 12.3. The Bertz CT molecular complexity index is 540. The Morgan fingerprint density at radius 3 is 2.52 bits per heavy atom. The Kier molecular flexibility index (Phi) is 7.73. The molecule has 1 heterocycles. The van der Waals surface area contributed by atoms with Gasteiger partial charge in [0.25, 0.3) is 0 Å². The average Bonchev–Trinajstić information content (AvgIpc) is 2.62. The molecule has 25 heavy (non-hydrogen) atoms. The zero-order valence-electron chi connectivity index (χ0n) is 15.2. The molecule has 0 spiro atoms. The van der Waals surface area contributed by atoms with E-state index in [1.807, 2.05) is 54.2 Å². The SMILES string of the molecule is CN(C)CCNC(=O)C1CCN(C(=O)CCOc2ccccc2)CC1. The lowest BCUT2D eigenvalue weighted by molar-refractivity contribution is -0.136. The minimum atomic E-state index is 0.0202. The number of carbonyl (C=O) groups excluding carboxylic acids is 2. The smallest absolute Gasteiger partial charge is 0.225 e. The fourth-order valence-corrected chi connectivity index (χ4v) is 2.87. The van der Waals surface area contributed by atoms with Crippen molar-refractivity contribution in [1.29, 1.82) is 0 Å². The number of para-hydroxylation sites is 1. The third-order valence-electron chi connectivity index (χ3n) is 4.40. The lowest BCUT2D eigenvalue weighted by Gasteiger charge is -2.31. The van der Waals surface area contributed by atoms with E-state index in [4.69, 9.17) is 4.74 Å². The van der Waals surface area contributed by atoms with Crippen LogP contribution in [0.4, 0.5) is 0 Å². The van der Waals surface area contributed by atoms with Crippen molar-refractivity contribution in [2.45, 2.75) is 19.3 Å². The molecule has 1 N–H and O–H groups in total. The van der Waals surface area contributed by atoms with Gasteiger partial charge in [0.15, 0.2) is 0 Å². The molecular weight excluding hydrogens is 318 g/mol. The zero-order valence-corrected chi connectivity index (χ0v) is 15.2. The third-order valence-corrected chi connectivity index (χ3v) is 4.40. The summed E-state index contributed by atoms with van der Waals surface area (Å²) in [5.41, 5.74) is 0. The molecule has 1 aliphatic heterocycles. The van der Waals surface area contributed by atoms with Gasteiger partial charge in [-0.15, -0.1) is 0 Å². The highest BCUT2D eigenvalue weighted by atomic mass is 16.5. The predicted molar refractivity (Wildman–Crippen MR) is 97.4 cm³/mol. The number of amides is 2. The number of likely N-dealkylation sites (tertiary alicyclic amines) is 1. The van der Waals surface area contributed by atoms with Crippen molar-refractivity contribution in [2.75, 3.05) is 46.9 Å². The van der Waals surface area contributed by atoms with Crippen molar-refractivity contribution in [1.82, 2.24) is 15.1 Å². The molecule has 0 bridgehead atoms. The van der Waals surface area contributed by atoms with Gasteiger partial charge in [0.2, 0.25) is 11.8 Å². The van der Waals surface area contributed by atoms with E-state index in [2.05, 4.69) is 5.32 Å². The van der Waals surface area contributed by atoms with Gasteiger partial charge in [0.1, 0.15) is 5.75 Å². The first-order chi connectivity index (χ1) is 12.1. The first-order valence-corrected chi connectivity index (χ1v) is 8.94. The van der Waals surface area contributed by atoms with Gasteiger partial charge in [0, 0.05) is 32.1 Å². The molecule has 2 amide bonds. The number of benzene rings is 1. The number of ether oxygens (including phenoxy) is 1. The van der Waals surface area contributed by atoms with E-state index in [9.17, 15) is 9.59 Å². The zero-order chi connectivity index (χ0) is 18.1. The van der Waals surface area contributed by atoms with Crippen molar-refractivity contribution in [2.24, 2.45) is 5.92 Å². The molecule has 0 aromatic heterocycles. The summed E-state index contributed by atoms with van der Waals surface area (Å²) in [5, 5.41) is 2.98. The normalized spacial score (nSPS) is 15.2. The Balaban J connectivity index is 1.63. The fraction of sp³-hybridized carbons (Fsp3) is 0.579. The van der Waals surface area contributed by atoms with E-state index in [0.29, 0.717) is 32.7 Å². The molecular formula is C19H29N3O3. The summed E-state index contributed by atoms with van der Waals surface area (Å²) in [6.07, 6.45) is 1.84. The van der Waals surface area contributed by atoms with Crippen LogP contribution >= 0.6 is 0 Å². The van der Waals surface area contributed by atoms with E-state index in [1.54, 1.807) is 0 Å². The van der Waals surface area contributed by atoms with Crippen LogP contribution in [0.25, 0.3) is 0 Å². The number of rotatable bonds is 8. The first-order valence-electron chi connectivity index (χ1n) is 8.94.